The predicted octanol–water partition coefficient (Wildman–Crippen LogP) is -0.848. The van der Waals surface area contributed by atoms with Crippen LogP contribution in [0.3, 0.4) is 0 Å². The molecule has 1 heterocycles. The van der Waals surface area contributed by atoms with Crippen molar-refractivity contribution in [2.24, 2.45) is 0 Å². The number of aromatic nitrogens is 1. The van der Waals surface area contributed by atoms with Crippen LogP contribution in [0.5, 0.6) is 0 Å². The second-order valence-corrected chi connectivity index (χ2v) is 2.99. The molecule has 14 heavy (non-hydrogen) atoms. The highest BCUT2D eigenvalue weighted by Gasteiger charge is 2.19. The number of nitrogens with one attached hydrogen (secondary N) is 1. The Bertz CT molecular complexity index is 336. The van der Waals surface area contributed by atoms with Gasteiger partial charge in [-0.3, -0.25) is 4.79 Å². The summed E-state index contributed by atoms with van der Waals surface area (Å²) in [5.74, 6) is 0. The Balaban J connectivity index is 2.84. The first kappa shape index (κ1) is 10.9. The zero-order valence-corrected chi connectivity index (χ0v) is 7.55. The fourth-order valence-electron chi connectivity index (χ4n) is 1.16. The molecule has 2 atom stereocenters. The molecule has 0 spiro atoms. The molecule has 1 rings (SSSR count). The lowest BCUT2D eigenvalue weighted by atomic mass is 10.0. The van der Waals surface area contributed by atoms with Crippen molar-refractivity contribution in [2.75, 3.05) is 6.61 Å². The minimum Gasteiger partial charge on any atom is -0.396 e. The summed E-state index contributed by atoms with van der Waals surface area (Å²) >= 11 is 0. The number of aliphatic hydroxyl groups is 3. The highest BCUT2D eigenvalue weighted by atomic mass is 16.3. The second kappa shape index (κ2) is 4.90. The largest absolute Gasteiger partial charge is 0.396 e. The van der Waals surface area contributed by atoms with Crippen molar-refractivity contribution in [1.82, 2.24) is 4.98 Å². The fraction of sp³-hybridized carbons (Fsp3) is 0.444. The van der Waals surface area contributed by atoms with Gasteiger partial charge in [-0.15, -0.1) is 0 Å². The first-order valence-corrected chi connectivity index (χ1v) is 4.31. The van der Waals surface area contributed by atoms with Gasteiger partial charge >= 0.3 is 0 Å². The van der Waals surface area contributed by atoms with Gasteiger partial charge in [0.25, 0.3) is 0 Å². The maximum Gasteiger partial charge on any atom is 0.187 e. The van der Waals surface area contributed by atoms with Crippen LogP contribution in [0.2, 0.25) is 0 Å². The number of hydrogen-bond donors (Lipinski definition) is 4. The molecule has 0 radical (unpaired) electrons. The number of H-pyrrole nitrogens is 1. The van der Waals surface area contributed by atoms with Crippen LogP contribution in [0.15, 0.2) is 23.3 Å². The SMILES string of the molecule is O=c1cc[nH]cc1C(O)C(O)CCO. The minimum absolute atomic E-state index is 0.0372. The van der Waals surface area contributed by atoms with Gasteiger partial charge in [0.2, 0.25) is 0 Å². The van der Waals surface area contributed by atoms with Gasteiger partial charge in [0.05, 0.1) is 6.10 Å². The van der Waals surface area contributed by atoms with E-state index in [0.717, 1.165) is 0 Å². The van der Waals surface area contributed by atoms with Crippen LogP contribution >= 0.6 is 0 Å². The number of hydrogen-bond acceptors (Lipinski definition) is 4. The third-order valence-electron chi connectivity index (χ3n) is 1.96. The van der Waals surface area contributed by atoms with Gasteiger partial charge in [-0.05, 0) is 6.42 Å². The maximum atomic E-state index is 11.2. The standard InChI is InChI=1S/C9H13NO4/c11-4-2-8(13)9(14)6-5-10-3-1-7(6)12/h1,3,5,8-9,11,13-14H,2,4H2,(H,10,12). The third-order valence-corrected chi connectivity index (χ3v) is 1.96. The number of rotatable bonds is 4. The normalized spacial score (nSPS) is 15.1. The van der Waals surface area contributed by atoms with Crippen molar-refractivity contribution in [2.45, 2.75) is 18.6 Å². The van der Waals surface area contributed by atoms with Crippen LogP contribution in [0.25, 0.3) is 0 Å². The molecule has 1 aromatic heterocycles. The lowest BCUT2D eigenvalue weighted by Gasteiger charge is -2.15. The molecular formula is C9H13NO4. The summed E-state index contributed by atoms with van der Waals surface area (Å²) < 4.78 is 0. The number of pyridine rings is 1. The summed E-state index contributed by atoms with van der Waals surface area (Å²) in [7, 11) is 0. The molecule has 4 N–H and O–H groups in total. The van der Waals surface area contributed by atoms with Crippen molar-refractivity contribution >= 4 is 0 Å². The van der Waals surface area contributed by atoms with Crippen molar-refractivity contribution in [3.05, 3.63) is 34.2 Å². The summed E-state index contributed by atoms with van der Waals surface area (Å²) in [4.78, 5) is 13.9. The van der Waals surface area contributed by atoms with E-state index < -0.39 is 12.2 Å². The van der Waals surface area contributed by atoms with Gasteiger partial charge in [0.15, 0.2) is 5.43 Å². The predicted molar refractivity (Wildman–Crippen MR) is 49.7 cm³/mol. The molecule has 2 unspecified atom stereocenters. The number of aromatic amines is 1. The Morgan fingerprint density at radius 1 is 1.43 bits per heavy atom. The average molecular weight is 199 g/mol. The Kier molecular flexibility index (Phi) is 3.82. The average Bonchev–Trinajstić information content (AvgIpc) is 2.18. The summed E-state index contributed by atoms with van der Waals surface area (Å²) in [6.07, 6.45) is 0.440. The highest BCUT2D eigenvalue weighted by molar-refractivity contribution is 5.13. The van der Waals surface area contributed by atoms with Crippen LogP contribution in [-0.2, 0) is 0 Å². The molecule has 0 aliphatic carbocycles. The molecule has 78 valence electrons. The van der Waals surface area contributed by atoms with E-state index in [4.69, 9.17) is 5.11 Å². The summed E-state index contributed by atoms with van der Waals surface area (Å²) in [5.41, 5.74) is -0.235. The fourth-order valence-corrected chi connectivity index (χ4v) is 1.16. The van der Waals surface area contributed by atoms with Crippen LogP contribution in [-0.4, -0.2) is 33.0 Å². The van der Waals surface area contributed by atoms with Crippen LogP contribution in [0.1, 0.15) is 18.1 Å². The molecule has 5 heteroatoms. The molecule has 0 amide bonds. The number of aliphatic hydroxyl groups excluding tert-OH is 3. The van der Waals surface area contributed by atoms with Crippen LogP contribution in [0.4, 0.5) is 0 Å². The maximum absolute atomic E-state index is 11.2. The lowest BCUT2D eigenvalue weighted by Crippen LogP contribution is -2.24. The second-order valence-electron chi connectivity index (χ2n) is 2.99. The van der Waals surface area contributed by atoms with E-state index in [1.165, 1.54) is 18.5 Å². The van der Waals surface area contributed by atoms with Gasteiger partial charge in [-0.2, -0.15) is 0 Å². The zero-order valence-electron chi connectivity index (χ0n) is 7.55. The van der Waals surface area contributed by atoms with Crippen molar-refractivity contribution in [3.8, 4) is 0 Å². The van der Waals surface area contributed by atoms with Gasteiger partial charge < -0.3 is 20.3 Å². The lowest BCUT2D eigenvalue weighted by molar-refractivity contribution is 0.00351. The quantitative estimate of drug-likeness (QED) is 0.508. The molecule has 0 aromatic carbocycles. The van der Waals surface area contributed by atoms with Gasteiger partial charge in [-0.1, -0.05) is 0 Å². The Morgan fingerprint density at radius 3 is 2.71 bits per heavy atom. The summed E-state index contributed by atoms with van der Waals surface area (Å²) in [5, 5.41) is 27.4. The van der Waals surface area contributed by atoms with Crippen molar-refractivity contribution < 1.29 is 15.3 Å². The van der Waals surface area contributed by atoms with E-state index in [1.807, 2.05) is 0 Å². The Labute approximate surface area is 80.7 Å². The molecule has 0 saturated heterocycles. The molecule has 1 aromatic rings. The molecule has 5 nitrogen and oxygen atoms in total. The van der Waals surface area contributed by atoms with E-state index in [-0.39, 0.29) is 24.0 Å². The molecule has 0 aliphatic heterocycles. The van der Waals surface area contributed by atoms with Crippen molar-refractivity contribution in [3.63, 3.8) is 0 Å². The van der Waals surface area contributed by atoms with E-state index >= 15 is 0 Å². The third kappa shape index (κ3) is 2.41. The first-order valence-electron chi connectivity index (χ1n) is 4.31. The Morgan fingerprint density at radius 2 is 2.14 bits per heavy atom. The summed E-state index contributed by atoms with van der Waals surface area (Å²) in [6, 6.07) is 1.27. The van der Waals surface area contributed by atoms with Gasteiger partial charge in [0, 0.05) is 30.6 Å². The molecular weight excluding hydrogens is 186 g/mol. The molecule has 0 aliphatic rings. The first-order chi connectivity index (χ1) is 6.66. The van der Waals surface area contributed by atoms with Crippen LogP contribution in [0, 0.1) is 0 Å². The van der Waals surface area contributed by atoms with Gasteiger partial charge in [-0.25, -0.2) is 0 Å². The van der Waals surface area contributed by atoms with E-state index in [2.05, 4.69) is 4.98 Å². The van der Waals surface area contributed by atoms with Crippen molar-refractivity contribution in [1.29, 1.82) is 0 Å². The van der Waals surface area contributed by atoms with E-state index in [9.17, 15) is 15.0 Å². The highest BCUT2D eigenvalue weighted by Crippen LogP contribution is 2.14. The molecule has 0 bridgehead atoms. The minimum atomic E-state index is -1.26. The topological polar surface area (TPSA) is 93.6 Å². The molecule has 0 fully saturated rings. The smallest absolute Gasteiger partial charge is 0.187 e. The van der Waals surface area contributed by atoms with E-state index in [1.54, 1.807) is 0 Å². The summed E-state index contributed by atoms with van der Waals surface area (Å²) in [6.45, 7) is -0.233. The monoisotopic (exact) mass is 199 g/mol. The molecule has 0 saturated carbocycles. The van der Waals surface area contributed by atoms with Crippen LogP contribution < -0.4 is 5.43 Å². The zero-order chi connectivity index (χ0) is 10.6. The van der Waals surface area contributed by atoms with Gasteiger partial charge in [0.1, 0.15) is 6.10 Å². The van der Waals surface area contributed by atoms with E-state index in [0.29, 0.717) is 0 Å². The Hall–Kier alpha value is -1.17.